The van der Waals surface area contributed by atoms with Crippen LogP contribution in [0.5, 0.6) is 0 Å². The number of carboxylic acid groups (broad SMARTS) is 1. The average molecular weight is 241 g/mol. The van der Waals surface area contributed by atoms with Gasteiger partial charge in [-0.15, -0.1) is 0 Å². The van der Waals surface area contributed by atoms with Crippen LogP contribution in [0.3, 0.4) is 0 Å². The first-order valence-electron chi connectivity index (χ1n) is 4.91. The highest BCUT2D eigenvalue weighted by molar-refractivity contribution is 7.91. The van der Waals surface area contributed by atoms with Crippen LogP contribution < -0.4 is 0 Å². The van der Waals surface area contributed by atoms with E-state index < -0.39 is 21.1 Å². The zero-order chi connectivity index (χ0) is 11.8. The van der Waals surface area contributed by atoms with Crippen LogP contribution in [-0.4, -0.2) is 30.2 Å². The summed E-state index contributed by atoms with van der Waals surface area (Å²) >= 11 is 0. The molecule has 0 radical (unpaired) electrons. The van der Waals surface area contributed by atoms with E-state index in [1.165, 1.54) is 18.3 Å². The van der Waals surface area contributed by atoms with Gasteiger partial charge in [-0.25, -0.2) is 13.2 Å². The van der Waals surface area contributed by atoms with E-state index in [2.05, 4.69) is 4.98 Å². The smallest absolute Gasteiger partial charge is 0.337 e. The van der Waals surface area contributed by atoms with E-state index in [1.807, 2.05) is 0 Å². The molecule has 0 amide bonds. The number of carbonyl (C=O) groups is 1. The van der Waals surface area contributed by atoms with Crippen molar-refractivity contribution in [3.8, 4) is 0 Å². The van der Waals surface area contributed by atoms with Crippen molar-refractivity contribution in [2.75, 3.05) is 5.75 Å². The van der Waals surface area contributed by atoms with E-state index in [4.69, 9.17) is 5.11 Å². The minimum atomic E-state index is -3.08. The molecule has 1 fully saturated rings. The van der Waals surface area contributed by atoms with Crippen LogP contribution >= 0.6 is 0 Å². The van der Waals surface area contributed by atoms with Crippen molar-refractivity contribution in [2.45, 2.75) is 18.1 Å². The van der Waals surface area contributed by atoms with Gasteiger partial charge in [0.2, 0.25) is 0 Å². The summed E-state index contributed by atoms with van der Waals surface area (Å²) in [5.41, 5.74) is 0.515. The second-order valence-electron chi connectivity index (χ2n) is 3.77. The molecule has 1 N–H and O–H groups in total. The molecule has 1 aliphatic rings. The molecule has 0 aliphatic carbocycles. The Hall–Kier alpha value is -1.43. The zero-order valence-electron chi connectivity index (χ0n) is 8.46. The topological polar surface area (TPSA) is 84.3 Å². The Morgan fingerprint density at radius 3 is 2.62 bits per heavy atom. The molecular weight excluding hydrogens is 230 g/mol. The summed E-state index contributed by atoms with van der Waals surface area (Å²) in [6.45, 7) is 0. The maximum absolute atomic E-state index is 11.6. The maximum Gasteiger partial charge on any atom is 0.337 e. The Morgan fingerprint density at radius 2 is 2.19 bits per heavy atom. The number of aromatic carboxylic acids is 1. The third kappa shape index (κ3) is 1.92. The normalized spacial score (nSPS) is 23.1. The van der Waals surface area contributed by atoms with Gasteiger partial charge in [-0.3, -0.25) is 4.98 Å². The number of rotatable bonds is 2. The van der Waals surface area contributed by atoms with Crippen molar-refractivity contribution in [1.29, 1.82) is 0 Å². The van der Waals surface area contributed by atoms with Gasteiger partial charge in [0.05, 0.1) is 17.0 Å². The lowest BCUT2D eigenvalue weighted by Gasteiger charge is -2.08. The number of hydrogen-bond donors (Lipinski definition) is 1. The molecule has 5 nitrogen and oxygen atoms in total. The van der Waals surface area contributed by atoms with Gasteiger partial charge in [0.25, 0.3) is 0 Å². The Labute approximate surface area is 93.1 Å². The Balaban J connectivity index is 2.32. The van der Waals surface area contributed by atoms with Crippen LogP contribution in [0.4, 0.5) is 0 Å². The summed E-state index contributed by atoms with van der Waals surface area (Å²) < 4.78 is 23.2. The Morgan fingerprint density at radius 1 is 1.44 bits per heavy atom. The van der Waals surface area contributed by atoms with Gasteiger partial charge in [-0.1, -0.05) is 0 Å². The predicted molar refractivity (Wildman–Crippen MR) is 57.0 cm³/mol. The van der Waals surface area contributed by atoms with E-state index in [0.717, 1.165) is 0 Å². The summed E-state index contributed by atoms with van der Waals surface area (Å²) in [6.07, 6.45) is 2.42. The second-order valence-corrected chi connectivity index (χ2v) is 6.08. The highest BCUT2D eigenvalue weighted by Crippen LogP contribution is 2.33. The third-order valence-electron chi connectivity index (χ3n) is 2.69. The lowest BCUT2D eigenvalue weighted by molar-refractivity contribution is 0.0696. The molecule has 2 heterocycles. The second kappa shape index (κ2) is 3.86. The molecule has 1 unspecified atom stereocenters. The van der Waals surface area contributed by atoms with E-state index in [1.54, 1.807) is 0 Å². The number of nitrogens with zero attached hydrogens (tertiary/aromatic N) is 1. The first-order chi connectivity index (χ1) is 7.50. The molecule has 16 heavy (non-hydrogen) atoms. The average Bonchev–Trinajstić information content (AvgIpc) is 2.58. The van der Waals surface area contributed by atoms with Gasteiger partial charge in [0, 0.05) is 6.20 Å². The van der Waals surface area contributed by atoms with Crippen molar-refractivity contribution in [3.63, 3.8) is 0 Å². The van der Waals surface area contributed by atoms with E-state index in [-0.39, 0.29) is 11.3 Å². The lowest BCUT2D eigenvalue weighted by Crippen LogP contribution is -2.10. The lowest BCUT2D eigenvalue weighted by atomic mass is 10.1. The SMILES string of the molecule is O=C(O)c1ccc(C2CCCS2(=O)=O)nc1. The zero-order valence-corrected chi connectivity index (χ0v) is 9.27. The maximum atomic E-state index is 11.6. The Kier molecular flexibility index (Phi) is 2.67. The Bertz CT molecular complexity index is 506. The van der Waals surface area contributed by atoms with Gasteiger partial charge < -0.3 is 5.11 Å². The van der Waals surface area contributed by atoms with Crippen molar-refractivity contribution >= 4 is 15.8 Å². The van der Waals surface area contributed by atoms with Crippen LogP contribution in [0.25, 0.3) is 0 Å². The fourth-order valence-electron chi connectivity index (χ4n) is 1.85. The predicted octanol–water partition coefficient (Wildman–Crippen LogP) is 1.03. The third-order valence-corrected chi connectivity index (χ3v) is 4.89. The molecular formula is C10H11NO4S. The molecule has 0 aromatic carbocycles. The van der Waals surface area contributed by atoms with Gasteiger partial charge in [-0.2, -0.15) is 0 Å². The first kappa shape index (κ1) is 11.1. The molecule has 0 spiro atoms. The fourth-order valence-corrected chi connectivity index (χ4v) is 3.73. The highest BCUT2D eigenvalue weighted by atomic mass is 32.2. The van der Waals surface area contributed by atoms with E-state index in [9.17, 15) is 13.2 Å². The van der Waals surface area contributed by atoms with Gasteiger partial charge in [0.15, 0.2) is 9.84 Å². The summed E-state index contributed by atoms with van der Waals surface area (Å²) in [4.78, 5) is 14.5. The molecule has 2 rings (SSSR count). The van der Waals surface area contributed by atoms with Gasteiger partial charge in [0.1, 0.15) is 5.25 Å². The van der Waals surface area contributed by atoms with Crippen molar-refractivity contribution in [3.05, 3.63) is 29.6 Å². The highest BCUT2D eigenvalue weighted by Gasteiger charge is 2.33. The van der Waals surface area contributed by atoms with E-state index >= 15 is 0 Å². The first-order valence-corrected chi connectivity index (χ1v) is 6.63. The van der Waals surface area contributed by atoms with Gasteiger partial charge in [-0.05, 0) is 25.0 Å². The molecule has 1 aromatic rings. The summed E-state index contributed by atoms with van der Waals surface area (Å²) in [5, 5.41) is 8.13. The largest absolute Gasteiger partial charge is 0.478 e. The minimum Gasteiger partial charge on any atom is -0.478 e. The molecule has 1 atom stereocenters. The molecule has 86 valence electrons. The number of hydrogen-bond acceptors (Lipinski definition) is 4. The van der Waals surface area contributed by atoms with Crippen LogP contribution in [0, 0.1) is 0 Å². The van der Waals surface area contributed by atoms with E-state index in [0.29, 0.717) is 18.5 Å². The monoisotopic (exact) mass is 241 g/mol. The number of carboxylic acids is 1. The molecule has 0 saturated carbocycles. The minimum absolute atomic E-state index is 0.0687. The standard InChI is InChI=1S/C10H11NO4S/c12-10(13)7-3-4-8(11-6-7)9-2-1-5-16(9,14)15/h3-4,6,9H,1-2,5H2,(H,12,13). The van der Waals surface area contributed by atoms with Crippen LogP contribution in [0.1, 0.15) is 34.1 Å². The number of sulfone groups is 1. The van der Waals surface area contributed by atoms with Crippen molar-refractivity contribution < 1.29 is 18.3 Å². The molecule has 1 aliphatic heterocycles. The summed E-state index contributed by atoms with van der Waals surface area (Å²) in [7, 11) is -3.08. The molecule has 1 saturated heterocycles. The van der Waals surface area contributed by atoms with Crippen molar-refractivity contribution in [2.24, 2.45) is 0 Å². The molecule has 0 bridgehead atoms. The van der Waals surface area contributed by atoms with Crippen LogP contribution in [-0.2, 0) is 9.84 Å². The summed E-state index contributed by atoms with van der Waals surface area (Å²) in [6, 6.07) is 2.87. The fraction of sp³-hybridized carbons (Fsp3) is 0.400. The van der Waals surface area contributed by atoms with Gasteiger partial charge >= 0.3 is 5.97 Å². The molecule has 6 heteroatoms. The van der Waals surface area contributed by atoms with Crippen LogP contribution in [0.15, 0.2) is 18.3 Å². The quantitative estimate of drug-likeness (QED) is 0.835. The summed E-state index contributed by atoms with van der Waals surface area (Å²) in [5.74, 6) is -0.867. The molecule has 1 aromatic heterocycles. The number of pyridine rings is 1. The number of aromatic nitrogens is 1. The van der Waals surface area contributed by atoms with Crippen molar-refractivity contribution in [1.82, 2.24) is 4.98 Å². The van der Waals surface area contributed by atoms with Crippen LogP contribution in [0.2, 0.25) is 0 Å².